The van der Waals surface area contributed by atoms with Crippen molar-refractivity contribution in [2.24, 2.45) is 0 Å². The number of esters is 1. The molecular weight excluding hydrogens is 320 g/mol. The molecule has 0 amide bonds. The SMILES string of the molecule is CCc1c(OCOC)cc(OCOC)c(C(=O)O)c1CC(=O)OC. The highest BCUT2D eigenvalue weighted by Crippen LogP contribution is 2.35. The summed E-state index contributed by atoms with van der Waals surface area (Å²) in [4.78, 5) is 23.5. The van der Waals surface area contributed by atoms with Crippen LogP contribution in [0, 0.1) is 0 Å². The summed E-state index contributed by atoms with van der Waals surface area (Å²) >= 11 is 0. The number of carboxylic acids is 1. The first-order valence-electron chi connectivity index (χ1n) is 7.22. The summed E-state index contributed by atoms with van der Waals surface area (Å²) < 4.78 is 25.2. The minimum absolute atomic E-state index is 0.0270. The molecule has 1 aromatic rings. The van der Waals surface area contributed by atoms with E-state index in [1.54, 1.807) is 0 Å². The molecular formula is C16H22O8. The molecule has 1 aromatic carbocycles. The van der Waals surface area contributed by atoms with Crippen molar-refractivity contribution in [3.8, 4) is 11.5 Å². The maximum absolute atomic E-state index is 11.7. The summed E-state index contributed by atoms with van der Waals surface area (Å²) in [5, 5.41) is 9.58. The lowest BCUT2D eigenvalue weighted by molar-refractivity contribution is -0.139. The summed E-state index contributed by atoms with van der Waals surface area (Å²) in [6.45, 7) is 1.66. The number of benzene rings is 1. The fraction of sp³-hybridized carbons (Fsp3) is 0.500. The summed E-state index contributed by atoms with van der Waals surface area (Å²) in [7, 11) is 4.12. The molecule has 0 aromatic heterocycles. The number of carboxylic acid groups (broad SMARTS) is 1. The zero-order valence-corrected chi connectivity index (χ0v) is 14.2. The van der Waals surface area contributed by atoms with Crippen LogP contribution in [0.2, 0.25) is 0 Å². The predicted octanol–water partition coefficient (Wildman–Crippen LogP) is 1.63. The van der Waals surface area contributed by atoms with E-state index in [0.29, 0.717) is 17.7 Å². The van der Waals surface area contributed by atoms with Crippen molar-refractivity contribution >= 4 is 11.9 Å². The lowest BCUT2D eigenvalue weighted by Crippen LogP contribution is -2.16. The number of carbonyl (C=O) groups excluding carboxylic acids is 1. The van der Waals surface area contributed by atoms with Crippen LogP contribution in [-0.4, -0.2) is 52.0 Å². The smallest absolute Gasteiger partial charge is 0.339 e. The number of methoxy groups -OCH3 is 3. The highest BCUT2D eigenvalue weighted by molar-refractivity contribution is 5.95. The maximum Gasteiger partial charge on any atom is 0.339 e. The van der Waals surface area contributed by atoms with Crippen molar-refractivity contribution in [1.29, 1.82) is 0 Å². The van der Waals surface area contributed by atoms with Gasteiger partial charge in [-0.3, -0.25) is 4.79 Å². The van der Waals surface area contributed by atoms with Crippen molar-refractivity contribution in [2.75, 3.05) is 34.9 Å². The third kappa shape index (κ3) is 4.84. The van der Waals surface area contributed by atoms with Gasteiger partial charge in [0.1, 0.15) is 17.1 Å². The van der Waals surface area contributed by atoms with Crippen molar-refractivity contribution in [1.82, 2.24) is 0 Å². The second-order valence-corrected chi connectivity index (χ2v) is 4.72. The maximum atomic E-state index is 11.7. The Morgan fingerprint density at radius 3 is 2.04 bits per heavy atom. The first-order valence-corrected chi connectivity index (χ1v) is 7.22. The Morgan fingerprint density at radius 1 is 1.00 bits per heavy atom. The van der Waals surface area contributed by atoms with Gasteiger partial charge in [0.05, 0.1) is 13.5 Å². The molecule has 134 valence electrons. The zero-order valence-electron chi connectivity index (χ0n) is 14.2. The van der Waals surface area contributed by atoms with E-state index in [1.165, 1.54) is 27.4 Å². The molecule has 8 heteroatoms. The van der Waals surface area contributed by atoms with Crippen LogP contribution in [0.5, 0.6) is 11.5 Å². The molecule has 0 aliphatic rings. The molecule has 0 fully saturated rings. The number of hydrogen-bond donors (Lipinski definition) is 1. The van der Waals surface area contributed by atoms with E-state index >= 15 is 0 Å². The molecule has 0 heterocycles. The fourth-order valence-electron chi connectivity index (χ4n) is 2.25. The van der Waals surface area contributed by atoms with E-state index in [0.717, 1.165) is 0 Å². The van der Waals surface area contributed by atoms with Gasteiger partial charge in [-0.05, 0) is 17.5 Å². The Morgan fingerprint density at radius 2 is 1.58 bits per heavy atom. The minimum Gasteiger partial charge on any atom is -0.478 e. The highest BCUT2D eigenvalue weighted by atomic mass is 16.7. The molecule has 0 saturated heterocycles. The van der Waals surface area contributed by atoms with Crippen LogP contribution in [0.1, 0.15) is 28.4 Å². The Labute approximate surface area is 140 Å². The number of aromatic carboxylic acids is 1. The molecule has 0 atom stereocenters. The Kier molecular flexibility index (Phi) is 8.00. The molecule has 0 aliphatic carbocycles. The van der Waals surface area contributed by atoms with Crippen LogP contribution in [-0.2, 0) is 31.8 Å². The van der Waals surface area contributed by atoms with Gasteiger partial charge in [-0.2, -0.15) is 0 Å². The van der Waals surface area contributed by atoms with E-state index in [-0.39, 0.29) is 36.9 Å². The van der Waals surface area contributed by atoms with E-state index in [9.17, 15) is 14.7 Å². The Hall–Kier alpha value is -2.32. The quantitative estimate of drug-likeness (QED) is 0.506. The van der Waals surface area contributed by atoms with Crippen LogP contribution in [0.4, 0.5) is 0 Å². The zero-order chi connectivity index (χ0) is 18.1. The van der Waals surface area contributed by atoms with Gasteiger partial charge in [0.25, 0.3) is 0 Å². The molecule has 0 unspecified atom stereocenters. The summed E-state index contributed by atoms with van der Waals surface area (Å²) in [5.41, 5.74) is 0.759. The number of carbonyl (C=O) groups is 2. The summed E-state index contributed by atoms with van der Waals surface area (Å²) in [5.74, 6) is -1.34. The lowest BCUT2D eigenvalue weighted by atomic mass is 9.94. The second kappa shape index (κ2) is 9.74. The summed E-state index contributed by atoms with van der Waals surface area (Å²) in [6, 6.07) is 1.46. The highest BCUT2D eigenvalue weighted by Gasteiger charge is 2.25. The molecule has 0 bridgehead atoms. The standard InChI is InChI=1S/C16H22O8/c1-5-10-11(6-14(17)22-4)15(16(18)19)13(24-9-21-3)7-12(10)23-8-20-2/h7H,5-6,8-9H2,1-4H3,(H,18,19). The molecule has 0 radical (unpaired) electrons. The van der Waals surface area contributed by atoms with Crippen LogP contribution in [0.15, 0.2) is 6.07 Å². The van der Waals surface area contributed by atoms with E-state index < -0.39 is 11.9 Å². The van der Waals surface area contributed by atoms with Crippen LogP contribution < -0.4 is 9.47 Å². The van der Waals surface area contributed by atoms with Gasteiger partial charge in [0.2, 0.25) is 0 Å². The van der Waals surface area contributed by atoms with Crippen molar-refractivity contribution in [2.45, 2.75) is 19.8 Å². The third-order valence-electron chi connectivity index (χ3n) is 3.25. The van der Waals surface area contributed by atoms with Crippen LogP contribution >= 0.6 is 0 Å². The predicted molar refractivity (Wildman–Crippen MR) is 83.5 cm³/mol. The average Bonchev–Trinajstić information content (AvgIpc) is 2.57. The van der Waals surface area contributed by atoms with Gasteiger partial charge in [-0.1, -0.05) is 6.92 Å². The second-order valence-electron chi connectivity index (χ2n) is 4.72. The minimum atomic E-state index is -1.21. The van der Waals surface area contributed by atoms with Gasteiger partial charge in [0, 0.05) is 20.3 Å². The monoisotopic (exact) mass is 342 g/mol. The van der Waals surface area contributed by atoms with Gasteiger partial charge >= 0.3 is 11.9 Å². The average molecular weight is 342 g/mol. The van der Waals surface area contributed by atoms with Gasteiger partial charge in [0.15, 0.2) is 13.6 Å². The van der Waals surface area contributed by atoms with Gasteiger partial charge in [-0.25, -0.2) is 4.79 Å². The van der Waals surface area contributed by atoms with E-state index in [4.69, 9.17) is 18.9 Å². The molecule has 0 spiro atoms. The summed E-state index contributed by atoms with van der Waals surface area (Å²) in [6.07, 6.45) is 0.241. The normalized spacial score (nSPS) is 10.3. The molecule has 0 aliphatic heterocycles. The van der Waals surface area contributed by atoms with Crippen LogP contribution in [0.25, 0.3) is 0 Å². The molecule has 8 nitrogen and oxygen atoms in total. The number of hydrogen-bond acceptors (Lipinski definition) is 7. The van der Waals surface area contributed by atoms with E-state index in [1.807, 2.05) is 6.92 Å². The van der Waals surface area contributed by atoms with Crippen molar-refractivity contribution in [3.05, 3.63) is 22.8 Å². The van der Waals surface area contributed by atoms with Crippen molar-refractivity contribution < 1.29 is 38.4 Å². The lowest BCUT2D eigenvalue weighted by Gasteiger charge is -2.19. The van der Waals surface area contributed by atoms with Gasteiger partial charge < -0.3 is 28.8 Å². The fourth-order valence-corrected chi connectivity index (χ4v) is 2.25. The topological polar surface area (TPSA) is 101 Å². The largest absolute Gasteiger partial charge is 0.478 e. The van der Waals surface area contributed by atoms with Crippen LogP contribution in [0.3, 0.4) is 0 Å². The molecule has 1 N–H and O–H groups in total. The molecule has 1 rings (SSSR count). The number of ether oxygens (including phenoxy) is 5. The first kappa shape index (κ1) is 19.7. The molecule has 0 saturated carbocycles. The Balaban J connectivity index is 3.54. The van der Waals surface area contributed by atoms with Gasteiger partial charge in [-0.15, -0.1) is 0 Å². The Bertz CT molecular complexity index is 582. The first-order chi connectivity index (χ1) is 11.5. The van der Waals surface area contributed by atoms with E-state index in [2.05, 4.69) is 4.74 Å². The van der Waals surface area contributed by atoms with Crippen molar-refractivity contribution in [3.63, 3.8) is 0 Å². The molecule has 24 heavy (non-hydrogen) atoms. The third-order valence-corrected chi connectivity index (χ3v) is 3.25. The number of rotatable bonds is 10.